The fourth-order valence-electron chi connectivity index (χ4n) is 3.52. The number of carbonyl (C=O) groups excluding carboxylic acids is 2. The van der Waals surface area contributed by atoms with Crippen LogP contribution in [0.25, 0.3) is 0 Å². The second-order valence-corrected chi connectivity index (χ2v) is 7.11. The van der Waals surface area contributed by atoms with E-state index in [1.54, 1.807) is 30.5 Å². The molecular formula is C20H22ClNO4. The van der Waals surface area contributed by atoms with Gasteiger partial charge in [0.1, 0.15) is 5.76 Å². The van der Waals surface area contributed by atoms with E-state index in [1.165, 1.54) is 0 Å². The fraction of sp³-hybridized carbons (Fsp3) is 0.400. The number of rotatable bonds is 6. The number of nitrogens with one attached hydrogen (secondary N) is 1. The maximum Gasteiger partial charge on any atom is 0.317 e. The van der Waals surface area contributed by atoms with E-state index in [0.717, 1.165) is 31.2 Å². The van der Waals surface area contributed by atoms with Crippen LogP contribution in [0.4, 0.5) is 0 Å². The predicted octanol–water partition coefficient (Wildman–Crippen LogP) is 4.17. The zero-order valence-electron chi connectivity index (χ0n) is 14.7. The molecule has 1 heterocycles. The predicted molar refractivity (Wildman–Crippen MR) is 97.8 cm³/mol. The lowest BCUT2D eigenvalue weighted by Crippen LogP contribution is -2.38. The lowest BCUT2D eigenvalue weighted by atomic mass is 9.79. The molecule has 1 N–H and O–H groups in total. The summed E-state index contributed by atoms with van der Waals surface area (Å²) in [5.74, 6) is -0.0530. The first-order valence-corrected chi connectivity index (χ1v) is 9.15. The first kappa shape index (κ1) is 18.5. The second kappa shape index (κ2) is 7.96. The van der Waals surface area contributed by atoms with Gasteiger partial charge < -0.3 is 14.5 Å². The van der Waals surface area contributed by atoms with Gasteiger partial charge in [-0.2, -0.15) is 0 Å². The van der Waals surface area contributed by atoms with Crippen LogP contribution in [0, 0.1) is 0 Å². The van der Waals surface area contributed by atoms with Crippen LogP contribution in [0.3, 0.4) is 0 Å². The molecular weight excluding hydrogens is 354 g/mol. The van der Waals surface area contributed by atoms with Crippen molar-refractivity contribution in [1.29, 1.82) is 0 Å². The van der Waals surface area contributed by atoms with E-state index in [0.29, 0.717) is 10.8 Å². The molecule has 1 aromatic heterocycles. The molecule has 1 aromatic carbocycles. The van der Waals surface area contributed by atoms with Crippen molar-refractivity contribution >= 4 is 23.5 Å². The molecule has 6 heteroatoms. The van der Waals surface area contributed by atoms with Gasteiger partial charge in [0.2, 0.25) is 0 Å². The van der Waals surface area contributed by atoms with E-state index >= 15 is 0 Å². The van der Waals surface area contributed by atoms with E-state index in [1.807, 2.05) is 19.1 Å². The van der Waals surface area contributed by atoms with Crippen molar-refractivity contribution in [2.24, 2.45) is 0 Å². The van der Waals surface area contributed by atoms with Gasteiger partial charge in [-0.05, 0) is 49.6 Å². The molecule has 0 radical (unpaired) electrons. The quantitative estimate of drug-likeness (QED) is 0.769. The fourth-order valence-corrected chi connectivity index (χ4v) is 3.65. The molecule has 1 atom stereocenters. The molecule has 138 valence electrons. The molecule has 1 amide bonds. The Hall–Kier alpha value is -2.27. The Bertz CT molecular complexity index is 749. The van der Waals surface area contributed by atoms with E-state index in [2.05, 4.69) is 5.32 Å². The van der Waals surface area contributed by atoms with Crippen molar-refractivity contribution in [2.75, 3.05) is 6.61 Å². The molecule has 26 heavy (non-hydrogen) atoms. The maximum atomic E-state index is 12.8. The molecule has 1 aliphatic carbocycles. The molecule has 3 rings (SSSR count). The zero-order valence-corrected chi connectivity index (χ0v) is 15.4. The first-order chi connectivity index (χ1) is 12.5. The molecule has 0 aliphatic heterocycles. The molecule has 0 saturated heterocycles. The van der Waals surface area contributed by atoms with Crippen molar-refractivity contribution in [2.45, 2.75) is 44.1 Å². The summed E-state index contributed by atoms with van der Waals surface area (Å²) in [4.78, 5) is 24.9. The summed E-state index contributed by atoms with van der Waals surface area (Å²) < 4.78 is 10.6. The molecule has 2 aromatic rings. The number of hydrogen-bond donors (Lipinski definition) is 1. The third-order valence-corrected chi connectivity index (χ3v) is 5.18. The van der Waals surface area contributed by atoms with E-state index in [-0.39, 0.29) is 24.5 Å². The number of halogens is 1. The van der Waals surface area contributed by atoms with Gasteiger partial charge in [0.15, 0.2) is 6.61 Å². The Labute approximate surface area is 157 Å². The Balaban J connectivity index is 1.62. The third kappa shape index (κ3) is 3.93. The summed E-state index contributed by atoms with van der Waals surface area (Å²) in [6.45, 7) is 1.50. The number of hydrogen-bond acceptors (Lipinski definition) is 4. The highest BCUT2D eigenvalue weighted by molar-refractivity contribution is 6.30. The van der Waals surface area contributed by atoms with Crippen LogP contribution in [0.5, 0.6) is 0 Å². The van der Waals surface area contributed by atoms with Crippen molar-refractivity contribution in [3.63, 3.8) is 0 Å². The number of esters is 1. The van der Waals surface area contributed by atoms with Crippen LogP contribution in [0.1, 0.15) is 50.0 Å². The number of ether oxygens (including phenoxy) is 1. The molecule has 5 nitrogen and oxygen atoms in total. The van der Waals surface area contributed by atoms with Gasteiger partial charge in [-0.3, -0.25) is 9.59 Å². The van der Waals surface area contributed by atoms with Gasteiger partial charge in [0.25, 0.3) is 5.91 Å². The minimum atomic E-state index is -0.683. The standard InChI is InChI=1S/C20H22ClNO4/c1-14(17-5-4-12-25-17)22-18(23)13-26-19(24)20(10-2-3-11-20)15-6-8-16(21)9-7-15/h4-9,12,14H,2-3,10-11,13H2,1H3,(H,22,23)/t14-/m1/s1. The van der Waals surface area contributed by atoms with Gasteiger partial charge in [0.05, 0.1) is 17.7 Å². The number of benzene rings is 1. The smallest absolute Gasteiger partial charge is 0.317 e. The summed E-state index contributed by atoms with van der Waals surface area (Å²) in [5, 5.41) is 3.39. The summed E-state index contributed by atoms with van der Waals surface area (Å²) in [7, 11) is 0. The van der Waals surface area contributed by atoms with Crippen LogP contribution in [0.15, 0.2) is 47.1 Å². The van der Waals surface area contributed by atoms with Gasteiger partial charge in [0, 0.05) is 5.02 Å². The Morgan fingerprint density at radius 1 is 1.23 bits per heavy atom. The molecule has 0 spiro atoms. The highest BCUT2D eigenvalue weighted by atomic mass is 35.5. The third-order valence-electron chi connectivity index (χ3n) is 4.93. The topological polar surface area (TPSA) is 68.5 Å². The van der Waals surface area contributed by atoms with E-state index < -0.39 is 5.41 Å². The van der Waals surface area contributed by atoms with Gasteiger partial charge in [-0.15, -0.1) is 0 Å². The Morgan fingerprint density at radius 3 is 2.54 bits per heavy atom. The Morgan fingerprint density at radius 2 is 1.92 bits per heavy atom. The summed E-state index contributed by atoms with van der Waals surface area (Å²) in [6.07, 6.45) is 4.91. The highest BCUT2D eigenvalue weighted by Gasteiger charge is 2.44. The minimum absolute atomic E-state index is 0.284. The van der Waals surface area contributed by atoms with Gasteiger partial charge in [-0.1, -0.05) is 36.6 Å². The van der Waals surface area contributed by atoms with E-state index in [4.69, 9.17) is 20.8 Å². The zero-order chi connectivity index (χ0) is 18.6. The van der Waals surface area contributed by atoms with E-state index in [9.17, 15) is 9.59 Å². The Kier molecular flexibility index (Phi) is 5.67. The molecule has 1 saturated carbocycles. The normalized spacial score (nSPS) is 16.8. The van der Waals surface area contributed by atoms with Crippen LogP contribution in [0.2, 0.25) is 5.02 Å². The second-order valence-electron chi connectivity index (χ2n) is 6.68. The average molecular weight is 376 g/mol. The van der Waals surface area contributed by atoms with Crippen LogP contribution in [-0.4, -0.2) is 18.5 Å². The van der Waals surface area contributed by atoms with Crippen LogP contribution >= 0.6 is 11.6 Å². The van der Waals surface area contributed by atoms with Gasteiger partial charge in [-0.25, -0.2) is 0 Å². The summed E-state index contributed by atoms with van der Waals surface area (Å²) >= 11 is 5.96. The largest absolute Gasteiger partial charge is 0.467 e. The van der Waals surface area contributed by atoms with Crippen molar-refractivity contribution in [1.82, 2.24) is 5.32 Å². The van der Waals surface area contributed by atoms with Gasteiger partial charge >= 0.3 is 5.97 Å². The first-order valence-electron chi connectivity index (χ1n) is 8.77. The molecule has 0 unspecified atom stereocenters. The molecule has 0 bridgehead atoms. The average Bonchev–Trinajstić information content (AvgIpc) is 3.32. The molecule has 1 fully saturated rings. The number of furan rings is 1. The summed E-state index contributed by atoms with van der Waals surface area (Å²) in [6, 6.07) is 10.6. The molecule has 1 aliphatic rings. The lowest BCUT2D eigenvalue weighted by Gasteiger charge is -2.27. The highest BCUT2D eigenvalue weighted by Crippen LogP contribution is 2.42. The van der Waals surface area contributed by atoms with Crippen molar-refractivity contribution in [3.8, 4) is 0 Å². The van der Waals surface area contributed by atoms with Crippen molar-refractivity contribution < 1.29 is 18.7 Å². The number of carbonyl (C=O) groups is 2. The minimum Gasteiger partial charge on any atom is -0.467 e. The van der Waals surface area contributed by atoms with Crippen LogP contribution in [-0.2, 0) is 19.7 Å². The van der Waals surface area contributed by atoms with Crippen molar-refractivity contribution in [3.05, 3.63) is 59.0 Å². The van der Waals surface area contributed by atoms with Crippen LogP contribution < -0.4 is 5.32 Å². The monoisotopic (exact) mass is 375 g/mol. The lowest BCUT2D eigenvalue weighted by molar-refractivity contribution is -0.154. The summed E-state index contributed by atoms with van der Waals surface area (Å²) in [5.41, 5.74) is 0.214. The number of amides is 1. The SMILES string of the molecule is C[C@@H](NC(=O)COC(=O)C1(c2ccc(Cl)cc2)CCCC1)c1ccco1. The maximum absolute atomic E-state index is 12.8.